The molecule has 7 nitrogen and oxygen atoms in total. The van der Waals surface area contributed by atoms with Crippen molar-refractivity contribution >= 4 is 17.8 Å². The Morgan fingerprint density at radius 3 is 2.72 bits per heavy atom. The number of ether oxygens (including phenoxy) is 1. The zero-order valence-corrected chi connectivity index (χ0v) is 9.46. The van der Waals surface area contributed by atoms with E-state index in [1.807, 2.05) is 0 Å². The molecule has 2 saturated heterocycles. The number of hydrogen-bond acceptors (Lipinski definition) is 4. The van der Waals surface area contributed by atoms with Crippen molar-refractivity contribution in [2.24, 2.45) is 5.92 Å². The summed E-state index contributed by atoms with van der Waals surface area (Å²) in [5.74, 6) is -3.74. The van der Waals surface area contributed by atoms with Gasteiger partial charge in [0.25, 0.3) is 0 Å². The van der Waals surface area contributed by atoms with Gasteiger partial charge in [0.1, 0.15) is 5.60 Å². The highest BCUT2D eigenvalue weighted by Crippen LogP contribution is 2.45. The van der Waals surface area contributed by atoms with Crippen LogP contribution in [0.1, 0.15) is 12.8 Å². The van der Waals surface area contributed by atoms with E-state index in [-0.39, 0.29) is 6.42 Å². The molecule has 2 aliphatic rings. The highest BCUT2D eigenvalue weighted by Gasteiger charge is 2.64. The van der Waals surface area contributed by atoms with Crippen LogP contribution in [0.15, 0.2) is 12.7 Å². The summed E-state index contributed by atoms with van der Waals surface area (Å²) in [6.07, 6.45) is 0.681. The monoisotopic (exact) mass is 255 g/mol. The molecule has 0 unspecified atom stereocenters. The summed E-state index contributed by atoms with van der Waals surface area (Å²) < 4.78 is 5.51. The molecule has 2 fully saturated rings. The first kappa shape index (κ1) is 12.6. The summed E-state index contributed by atoms with van der Waals surface area (Å²) in [5, 5.41) is 20.3. The largest absolute Gasteiger partial charge is 0.481 e. The third kappa shape index (κ3) is 1.67. The van der Waals surface area contributed by atoms with Crippen LogP contribution in [-0.2, 0) is 19.1 Å². The summed E-state index contributed by atoms with van der Waals surface area (Å²) in [5.41, 5.74) is -1.52. The van der Waals surface area contributed by atoms with Crippen LogP contribution in [0.4, 0.5) is 0 Å². The first-order valence-corrected chi connectivity index (χ1v) is 5.46. The van der Waals surface area contributed by atoms with Gasteiger partial charge in [-0.15, -0.1) is 6.58 Å². The first-order valence-electron chi connectivity index (χ1n) is 5.46. The van der Waals surface area contributed by atoms with Gasteiger partial charge in [0.15, 0.2) is 6.04 Å². The fourth-order valence-electron chi connectivity index (χ4n) is 2.73. The first-order chi connectivity index (χ1) is 8.40. The minimum atomic E-state index is -1.52. The van der Waals surface area contributed by atoms with Crippen LogP contribution >= 0.6 is 0 Å². The molecule has 0 aromatic heterocycles. The maximum Gasteiger partial charge on any atom is 0.329 e. The van der Waals surface area contributed by atoms with E-state index in [0.717, 1.165) is 0 Å². The van der Waals surface area contributed by atoms with E-state index in [1.165, 1.54) is 6.08 Å². The molecule has 0 radical (unpaired) electrons. The summed E-state index contributed by atoms with van der Waals surface area (Å²) in [7, 11) is 0. The number of nitrogens with one attached hydrogen (secondary N) is 1. The lowest BCUT2D eigenvalue weighted by Gasteiger charge is -2.29. The van der Waals surface area contributed by atoms with Crippen LogP contribution in [0.3, 0.4) is 0 Å². The number of fused-ring (bicyclic) bond motifs is 1. The molecule has 4 atom stereocenters. The molecule has 0 spiro atoms. The fourth-order valence-corrected chi connectivity index (χ4v) is 2.73. The summed E-state index contributed by atoms with van der Waals surface area (Å²) in [4.78, 5) is 33.8. The van der Waals surface area contributed by atoms with Gasteiger partial charge in [0.05, 0.1) is 18.4 Å². The highest BCUT2D eigenvalue weighted by atomic mass is 16.5. The van der Waals surface area contributed by atoms with Gasteiger partial charge in [-0.1, -0.05) is 6.08 Å². The summed E-state index contributed by atoms with van der Waals surface area (Å²) >= 11 is 0. The quantitative estimate of drug-likeness (QED) is 0.577. The SMILES string of the molecule is C=C[C@H]1C[C@@H]2C(=O)N[C@@H](C(=O)O)[C@]2(CC(=O)O)O1. The average Bonchev–Trinajstić information content (AvgIpc) is 2.73. The van der Waals surface area contributed by atoms with Crippen LogP contribution in [0, 0.1) is 5.92 Å². The van der Waals surface area contributed by atoms with E-state index in [2.05, 4.69) is 11.9 Å². The van der Waals surface area contributed by atoms with Crippen molar-refractivity contribution in [3.05, 3.63) is 12.7 Å². The van der Waals surface area contributed by atoms with Crippen LogP contribution in [0.25, 0.3) is 0 Å². The van der Waals surface area contributed by atoms with Gasteiger partial charge in [-0.3, -0.25) is 9.59 Å². The average molecular weight is 255 g/mol. The number of amides is 1. The van der Waals surface area contributed by atoms with Gasteiger partial charge >= 0.3 is 11.9 Å². The van der Waals surface area contributed by atoms with Gasteiger partial charge in [-0.05, 0) is 6.42 Å². The maximum absolute atomic E-state index is 11.7. The van der Waals surface area contributed by atoms with Crippen LogP contribution < -0.4 is 5.32 Å². The van der Waals surface area contributed by atoms with Gasteiger partial charge in [0.2, 0.25) is 5.91 Å². The van der Waals surface area contributed by atoms with Gasteiger partial charge in [-0.25, -0.2) is 4.79 Å². The number of rotatable bonds is 4. The van der Waals surface area contributed by atoms with Gasteiger partial charge in [-0.2, -0.15) is 0 Å². The Labute approximate surface area is 102 Å². The third-order valence-electron chi connectivity index (χ3n) is 3.46. The molecule has 0 saturated carbocycles. The Morgan fingerprint density at radius 2 is 2.22 bits per heavy atom. The minimum absolute atomic E-state index is 0.256. The molecule has 98 valence electrons. The van der Waals surface area contributed by atoms with E-state index in [4.69, 9.17) is 14.9 Å². The van der Waals surface area contributed by atoms with Crippen molar-refractivity contribution < 1.29 is 29.3 Å². The fraction of sp³-hybridized carbons (Fsp3) is 0.545. The van der Waals surface area contributed by atoms with Crippen molar-refractivity contribution in [3.8, 4) is 0 Å². The molecule has 2 heterocycles. The predicted octanol–water partition coefficient (Wildman–Crippen LogP) is -0.626. The second-order valence-corrected chi connectivity index (χ2v) is 4.49. The standard InChI is InChI=1S/C11H13NO6/c1-2-5-3-6-9(15)12-8(10(16)17)11(6,18-5)4-7(13)14/h2,5-6,8H,1,3-4H2,(H,12,15)(H,13,14)(H,16,17)/t5-,6+,8-,11+/m0/s1. The van der Waals surface area contributed by atoms with Crippen molar-refractivity contribution in [2.45, 2.75) is 30.6 Å². The summed E-state index contributed by atoms with van der Waals surface area (Å²) in [6, 6.07) is -1.34. The smallest absolute Gasteiger partial charge is 0.329 e. The molecule has 0 aromatic carbocycles. The molecule has 1 amide bonds. The highest BCUT2D eigenvalue weighted by molar-refractivity contribution is 5.93. The molecule has 2 rings (SSSR count). The number of hydrogen-bond donors (Lipinski definition) is 3. The Morgan fingerprint density at radius 1 is 1.56 bits per heavy atom. The predicted molar refractivity (Wildman–Crippen MR) is 57.7 cm³/mol. The van der Waals surface area contributed by atoms with Gasteiger partial charge in [0, 0.05) is 0 Å². The molecule has 2 aliphatic heterocycles. The number of carboxylic acids is 2. The van der Waals surface area contributed by atoms with Crippen molar-refractivity contribution in [3.63, 3.8) is 0 Å². The minimum Gasteiger partial charge on any atom is -0.481 e. The Bertz CT molecular complexity index is 433. The molecular weight excluding hydrogens is 242 g/mol. The molecule has 7 heteroatoms. The molecule has 18 heavy (non-hydrogen) atoms. The molecular formula is C11H13NO6. The van der Waals surface area contributed by atoms with Crippen molar-refractivity contribution in [2.75, 3.05) is 0 Å². The lowest BCUT2D eigenvalue weighted by molar-refractivity contribution is -0.155. The van der Waals surface area contributed by atoms with Crippen molar-refractivity contribution in [1.82, 2.24) is 5.32 Å². The summed E-state index contributed by atoms with van der Waals surface area (Å²) in [6.45, 7) is 3.52. The lowest BCUT2D eigenvalue weighted by atomic mass is 9.82. The zero-order valence-electron chi connectivity index (χ0n) is 9.46. The van der Waals surface area contributed by atoms with Crippen molar-refractivity contribution in [1.29, 1.82) is 0 Å². The topological polar surface area (TPSA) is 113 Å². The number of aliphatic carboxylic acids is 2. The molecule has 0 aliphatic carbocycles. The third-order valence-corrected chi connectivity index (χ3v) is 3.46. The van der Waals surface area contributed by atoms with Crippen LogP contribution in [-0.4, -0.2) is 45.8 Å². The molecule has 0 bridgehead atoms. The van der Waals surface area contributed by atoms with Crippen LogP contribution in [0.5, 0.6) is 0 Å². The van der Waals surface area contributed by atoms with Crippen LogP contribution in [0.2, 0.25) is 0 Å². The molecule has 3 N–H and O–H groups in total. The number of carbonyl (C=O) groups excluding carboxylic acids is 1. The normalized spacial score (nSPS) is 38.0. The van der Waals surface area contributed by atoms with E-state index >= 15 is 0 Å². The van der Waals surface area contributed by atoms with E-state index < -0.39 is 47.9 Å². The zero-order chi connectivity index (χ0) is 13.5. The number of carboxylic acid groups (broad SMARTS) is 2. The second-order valence-electron chi connectivity index (χ2n) is 4.49. The second kappa shape index (κ2) is 4.09. The number of carbonyl (C=O) groups is 3. The van der Waals surface area contributed by atoms with E-state index in [1.54, 1.807) is 0 Å². The van der Waals surface area contributed by atoms with Gasteiger partial charge < -0.3 is 20.3 Å². The Kier molecular flexibility index (Phi) is 2.86. The molecule has 0 aromatic rings. The maximum atomic E-state index is 11.7. The van der Waals surface area contributed by atoms with E-state index in [9.17, 15) is 14.4 Å². The van der Waals surface area contributed by atoms with E-state index in [0.29, 0.717) is 0 Å². The lowest BCUT2D eigenvalue weighted by Crippen LogP contribution is -2.52. The Balaban J connectivity index is 2.41. The Hall–Kier alpha value is -1.89.